The molecule has 0 aromatic heterocycles. The predicted molar refractivity (Wildman–Crippen MR) is 125 cm³/mol. The van der Waals surface area contributed by atoms with Gasteiger partial charge in [0.2, 0.25) is 10.0 Å². The molecular formula is C21H46N2O4S2. The molecule has 8 heteroatoms. The first-order chi connectivity index (χ1) is 12.4. The van der Waals surface area contributed by atoms with Gasteiger partial charge in [0.05, 0.1) is 24.0 Å². The van der Waals surface area contributed by atoms with Gasteiger partial charge in [-0.15, -0.1) is 4.72 Å². The summed E-state index contributed by atoms with van der Waals surface area (Å²) < 4.78 is 48.7. The van der Waals surface area contributed by atoms with Crippen molar-refractivity contribution in [2.45, 2.75) is 111 Å². The zero-order chi connectivity index (χ0) is 23.7. The summed E-state index contributed by atoms with van der Waals surface area (Å²) in [6, 6.07) is -0.104. The van der Waals surface area contributed by atoms with E-state index in [2.05, 4.69) is 30.2 Å². The standard InChI is InChI=1S/C21H46N2O4S2/c1-17(2,3)16(22-28(24)18(4,5)6)14-27-15-20(10,11)21(12,13)23-29(25,26)19(7,8)9/h16,22-23H,14-15H2,1-13H3/t16-,28?/m0/s1. The molecule has 0 aliphatic heterocycles. The third kappa shape index (κ3) is 8.65. The van der Waals surface area contributed by atoms with Gasteiger partial charge in [0.1, 0.15) is 4.75 Å². The normalized spacial score (nSPS) is 17.3. The van der Waals surface area contributed by atoms with Gasteiger partial charge < -0.3 is 9.29 Å². The number of rotatable bonds is 9. The molecule has 6 nitrogen and oxygen atoms in total. The summed E-state index contributed by atoms with van der Waals surface area (Å²) in [5, 5.41) is 0. The maximum Gasteiger partial charge on any atom is 0.217 e. The molecule has 1 unspecified atom stereocenters. The highest BCUT2D eigenvalue weighted by atomic mass is 32.2. The molecule has 0 radical (unpaired) electrons. The summed E-state index contributed by atoms with van der Waals surface area (Å²) >= 11 is -1.20. The van der Waals surface area contributed by atoms with E-state index in [4.69, 9.17) is 4.74 Å². The molecule has 176 valence electrons. The Bertz CT molecular complexity index is 625. The minimum absolute atomic E-state index is 0.104. The third-order valence-electron chi connectivity index (χ3n) is 5.49. The predicted octanol–water partition coefficient (Wildman–Crippen LogP) is 3.99. The van der Waals surface area contributed by atoms with E-state index in [0.717, 1.165) is 0 Å². The van der Waals surface area contributed by atoms with E-state index in [1.165, 1.54) is 0 Å². The molecule has 0 spiro atoms. The van der Waals surface area contributed by atoms with Gasteiger partial charge >= 0.3 is 0 Å². The lowest BCUT2D eigenvalue weighted by Gasteiger charge is -2.43. The number of nitrogens with one attached hydrogen (secondary N) is 2. The van der Waals surface area contributed by atoms with Crippen molar-refractivity contribution < 1.29 is 17.7 Å². The molecule has 0 saturated carbocycles. The van der Waals surface area contributed by atoms with Crippen molar-refractivity contribution in [2.75, 3.05) is 13.2 Å². The van der Waals surface area contributed by atoms with Gasteiger partial charge in [-0.05, 0) is 60.8 Å². The van der Waals surface area contributed by atoms with Crippen LogP contribution in [-0.2, 0) is 26.1 Å². The fourth-order valence-corrected chi connectivity index (χ4v) is 4.29. The van der Waals surface area contributed by atoms with E-state index >= 15 is 0 Å². The van der Waals surface area contributed by atoms with Crippen molar-refractivity contribution in [1.82, 2.24) is 9.44 Å². The molecule has 2 atom stereocenters. The third-order valence-corrected chi connectivity index (χ3v) is 9.49. The summed E-state index contributed by atoms with van der Waals surface area (Å²) in [5.74, 6) is 0. The van der Waals surface area contributed by atoms with Gasteiger partial charge in [-0.3, -0.25) is 0 Å². The van der Waals surface area contributed by atoms with E-state index in [9.17, 15) is 13.0 Å². The van der Waals surface area contributed by atoms with Crippen molar-refractivity contribution in [3.63, 3.8) is 0 Å². The lowest BCUT2D eigenvalue weighted by Crippen LogP contribution is -2.58. The Labute approximate surface area is 183 Å². The van der Waals surface area contributed by atoms with Crippen LogP contribution in [0.4, 0.5) is 0 Å². The SMILES string of the molecule is CC(C)(C)[C@H](COCC(C)(C)C(C)(C)NS(=O)(=O)C(C)(C)C)N[S+]([O-])C(C)(C)C. The number of sulfonamides is 1. The summed E-state index contributed by atoms with van der Waals surface area (Å²) in [5.41, 5.74) is -1.32. The fraction of sp³-hybridized carbons (Fsp3) is 1.00. The van der Waals surface area contributed by atoms with E-state index in [1.807, 2.05) is 48.5 Å². The molecule has 0 aromatic rings. The molecule has 0 heterocycles. The molecule has 0 fully saturated rings. The van der Waals surface area contributed by atoms with Gasteiger partial charge in [0, 0.05) is 22.3 Å². The van der Waals surface area contributed by atoms with Crippen molar-refractivity contribution in [1.29, 1.82) is 0 Å². The Morgan fingerprint density at radius 2 is 1.34 bits per heavy atom. The zero-order valence-corrected chi connectivity index (χ0v) is 22.6. The minimum Gasteiger partial charge on any atom is -0.598 e. The minimum atomic E-state index is -3.49. The molecule has 0 aliphatic rings. The average Bonchev–Trinajstić information content (AvgIpc) is 2.41. The largest absolute Gasteiger partial charge is 0.598 e. The van der Waals surface area contributed by atoms with Crippen molar-refractivity contribution in [2.24, 2.45) is 10.8 Å². The smallest absolute Gasteiger partial charge is 0.217 e. The molecule has 0 rings (SSSR count). The van der Waals surface area contributed by atoms with Gasteiger partial charge in [-0.1, -0.05) is 34.6 Å². The van der Waals surface area contributed by atoms with Crippen molar-refractivity contribution >= 4 is 21.4 Å². The molecule has 0 bridgehead atoms. The van der Waals surface area contributed by atoms with E-state index < -0.39 is 37.1 Å². The van der Waals surface area contributed by atoms with E-state index in [-0.39, 0.29) is 16.2 Å². The number of hydrogen-bond acceptors (Lipinski definition) is 5. The Balaban J connectivity index is 5.20. The lowest BCUT2D eigenvalue weighted by molar-refractivity contribution is 0.00198. The van der Waals surface area contributed by atoms with Crippen LogP contribution in [0.1, 0.15) is 90.0 Å². The average molecular weight is 455 g/mol. The maximum absolute atomic E-state index is 12.6. The lowest BCUT2D eigenvalue weighted by atomic mass is 9.76. The highest BCUT2D eigenvalue weighted by Crippen LogP contribution is 2.33. The van der Waals surface area contributed by atoms with Crippen LogP contribution >= 0.6 is 0 Å². The first kappa shape index (κ1) is 29.1. The van der Waals surface area contributed by atoms with E-state index in [0.29, 0.717) is 13.2 Å². The summed E-state index contributed by atoms with van der Waals surface area (Å²) in [6.45, 7) is 25.6. The van der Waals surface area contributed by atoms with Crippen LogP contribution in [0.25, 0.3) is 0 Å². The van der Waals surface area contributed by atoms with Gasteiger partial charge in [-0.25, -0.2) is 13.1 Å². The second-order valence-corrected chi connectivity index (χ2v) is 16.6. The van der Waals surface area contributed by atoms with Crippen LogP contribution in [-0.4, -0.2) is 47.3 Å². The maximum atomic E-state index is 12.6. The molecule has 2 N–H and O–H groups in total. The molecular weight excluding hydrogens is 408 g/mol. The van der Waals surface area contributed by atoms with Gasteiger partial charge in [-0.2, -0.15) is 0 Å². The quantitative estimate of drug-likeness (QED) is 0.514. The molecule has 0 amide bonds. The molecule has 0 saturated heterocycles. The highest BCUT2D eigenvalue weighted by Gasteiger charge is 2.43. The first-order valence-corrected chi connectivity index (χ1v) is 12.9. The van der Waals surface area contributed by atoms with Crippen LogP contribution in [0.3, 0.4) is 0 Å². The highest BCUT2D eigenvalue weighted by molar-refractivity contribution is 7.91. The van der Waals surface area contributed by atoms with E-state index in [1.54, 1.807) is 20.8 Å². The molecule has 0 aromatic carbocycles. The Hall–Kier alpha value is 0.140. The summed E-state index contributed by atoms with van der Waals surface area (Å²) in [4.78, 5) is 0. The van der Waals surface area contributed by atoms with Gasteiger partial charge in [0.15, 0.2) is 0 Å². The van der Waals surface area contributed by atoms with Crippen molar-refractivity contribution in [3.8, 4) is 0 Å². The van der Waals surface area contributed by atoms with Crippen LogP contribution in [0, 0.1) is 10.8 Å². The second kappa shape index (κ2) is 9.33. The summed E-state index contributed by atoms with van der Waals surface area (Å²) in [6.07, 6.45) is 0. The monoisotopic (exact) mass is 454 g/mol. The van der Waals surface area contributed by atoms with Crippen LogP contribution < -0.4 is 9.44 Å². The second-order valence-electron chi connectivity index (χ2n) is 12.2. The Morgan fingerprint density at radius 3 is 1.69 bits per heavy atom. The molecule has 0 aliphatic carbocycles. The molecule has 29 heavy (non-hydrogen) atoms. The zero-order valence-electron chi connectivity index (χ0n) is 20.9. The summed E-state index contributed by atoms with van der Waals surface area (Å²) in [7, 11) is -3.49. The van der Waals surface area contributed by atoms with Crippen LogP contribution in [0.2, 0.25) is 0 Å². The van der Waals surface area contributed by atoms with Gasteiger partial charge in [0.25, 0.3) is 0 Å². The Morgan fingerprint density at radius 1 is 0.897 bits per heavy atom. The topological polar surface area (TPSA) is 90.5 Å². The van der Waals surface area contributed by atoms with Crippen LogP contribution in [0.15, 0.2) is 0 Å². The Kier molecular flexibility index (Phi) is 9.37. The van der Waals surface area contributed by atoms with Crippen LogP contribution in [0.5, 0.6) is 0 Å². The van der Waals surface area contributed by atoms with Crippen molar-refractivity contribution in [3.05, 3.63) is 0 Å². The first-order valence-electron chi connectivity index (χ1n) is 10.2. The fourth-order valence-electron chi connectivity index (χ4n) is 2.01. The number of hydrogen-bond donors (Lipinski definition) is 2. The number of ether oxygens (including phenoxy) is 1.